The molecule has 0 saturated carbocycles. The molecule has 0 spiro atoms. The second kappa shape index (κ2) is 8.01. The third kappa shape index (κ3) is 3.53. The van der Waals surface area contributed by atoms with Crippen LogP contribution in [0, 0.1) is 16.0 Å². The highest BCUT2D eigenvalue weighted by Gasteiger charge is 2.59. The predicted octanol–water partition coefficient (Wildman–Crippen LogP) is 3.57. The normalized spacial score (nSPS) is 26.8. The van der Waals surface area contributed by atoms with Crippen molar-refractivity contribution in [2.75, 3.05) is 20.8 Å². The van der Waals surface area contributed by atoms with Crippen LogP contribution in [0.25, 0.3) is 0 Å². The molecule has 0 radical (unpaired) electrons. The molecule has 2 aliphatic rings. The Morgan fingerprint density at radius 2 is 2.03 bits per heavy atom. The summed E-state index contributed by atoms with van der Waals surface area (Å²) in [6.45, 7) is 1.87. The maximum Gasteiger partial charge on any atom is 0.314 e. The van der Waals surface area contributed by atoms with Gasteiger partial charge in [0.05, 0.1) is 35.8 Å². The third-order valence-corrected chi connectivity index (χ3v) is 6.16. The van der Waals surface area contributed by atoms with Crippen molar-refractivity contribution in [1.29, 1.82) is 0 Å². The van der Waals surface area contributed by atoms with E-state index in [2.05, 4.69) is 0 Å². The molecule has 1 aromatic carbocycles. The molecule has 2 aliphatic heterocycles. The van der Waals surface area contributed by atoms with Crippen LogP contribution < -0.4 is 4.74 Å². The molecule has 0 aromatic heterocycles. The van der Waals surface area contributed by atoms with Gasteiger partial charge in [-0.05, 0) is 38.3 Å². The summed E-state index contributed by atoms with van der Waals surface area (Å²) in [6, 6.07) is 2.93. The quantitative estimate of drug-likeness (QED) is 0.430. The minimum Gasteiger partial charge on any atom is -0.495 e. The topological polar surface area (TPSA) is 102 Å². The second-order valence-corrected chi connectivity index (χ2v) is 8.12. The molecule has 3 rings (SSSR count). The van der Waals surface area contributed by atoms with Gasteiger partial charge in [-0.15, -0.1) is 0 Å². The first-order valence-electron chi connectivity index (χ1n) is 9.13. The number of methoxy groups -OCH3 is 2. The smallest absolute Gasteiger partial charge is 0.314 e. The number of esters is 1. The van der Waals surface area contributed by atoms with Crippen LogP contribution in [0.4, 0.5) is 0 Å². The SMILES string of the molecule is COC(=O)[C@@H]1[C@@H](c2cc(Cl)cc(Cl)c2OC)C([N+](=O)[O-])=C2CCCCN2[C@]1(C)O. The lowest BCUT2D eigenvalue weighted by molar-refractivity contribution is -0.439. The number of nitrogens with zero attached hydrogens (tertiary/aromatic N) is 2. The van der Waals surface area contributed by atoms with E-state index in [1.165, 1.54) is 33.3 Å². The highest BCUT2D eigenvalue weighted by Crippen LogP contribution is 2.52. The Kier molecular flexibility index (Phi) is 5.98. The van der Waals surface area contributed by atoms with Gasteiger partial charge in [-0.2, -0.15) is 0 Å². The summed E-state index contributed by atoms with van der Waals surface area (Å²) in [5.41, 5.74) is -1.24. The summed E-state index contributed by atoms with van der Waals surface area (Å²) in [6.07, 6.45) is 1.89. The molecule has 0 aliphatic carbocycles. The number of nitro groups is 1. The number of carbonyl (C=O) groups is 1. The molecule has 1 fully saturated rings. The average molecular weight is 445 g/mol. The molecule has 0 amide bonds. The zero-order valence-corrected chi connectivity index (χ0v) is 17.8. The van der Waals surface area contributed by atoms with Crippen molar-refractivity contribution >= 4 is 29.2 Å². The van der Waals surface area contributed by atoms with Gasteiger partial charge in [0.1, 0.15) is 17.4 Å². The van der Waals surface area contributed by atoms with Crippen LogP contribution in [0.5, 0.6) is 5.75 Å². The summed E-state index contributed by atoms with van der Waals surface area (Å²) >= 11 is 12.4. The van der Waals surface area contributed by atoms with E-state index in [0.29, 0.717) is 18.7 Å². The molecule has 10 heteroatoms. The van der Waals surface area contributed by atoms with Gasteiger partial charge in [0.15, 0.2) is 0 Å². The van der Waals surface area contributed by atoms with Crippen LogP contribution in [0.3, 0.4) is 0 Å². The molecule has 1 saturated heterocycles. The van der Waals surface area contributed by atoms with Gasteiger partial charge in [-0.25, -0.2) is 0 Å². The number of hydrogen-bond acceptors (Lipinski definition) is 7. The highest BCUT2D eigenvalue weighted by molar-refractivity contribution is 6.35. The lowest BCUT2D eigenvalue weighted by Crippen LogP contribution is -2.60. The molecule has 158 valence electrons. The Bertz CT molecular complexity index is 886. The standard InChI is InChI=1S/C19H22Cl2N2O6/c1-19(25)15(18(24)29-3)14(11-8-10(20)9-12(21)17(11)28-2)16(23(26)27)13-6-4-5-7-22(13)19/h8-9,14-15,25H,4-7H2,1-3H3/t14-,15+,19-/m1/s1. The maximum atomic E-state index is 12.8. The van der Waals surface area contributed by atoms with Crippen LogP contribution in [0.15, 0.2) is 23.5 Å². The molecule has 1 N–H and O–H groups in total. The van der Waals surface area contributed by atoms with E-state index in [0.717, 1.165) is 12.8 Å². The Balaban J connectivity index is 2.39. The van der Waals surface area contributed by atoms with Crippen LogP contribution in [0.2, 0.25) is 10.0 Å². The zero-order chi connectivity index (χ0) is 21.5. The van der Waals surface area contributed by atoms with Crippen molar-refractivity contribution in [2.45, 2.75) is 37.8 Å². The lowest BCUT2D eigenvalue weighted by atomic mass is 9.72. The zero-order valence-electron chi connectivity index (χ0n) is 16.3. The van der Waals surface area contributed by atoms with Crippen LogP contribution in [-0.4, -0.2) is 47.4 Å². The van der Waals surface area contributed by atoms with Gasteiger partial charge in [0.2, 0.25) is 0 Å². The van der Waals surface area contributed by atoms with Crippen molar-refractivity contribution in [3.63, 3.8) is 0 Å². The monoisotopic (exact) mass is 444 g/mol. The van der Waals surface area contributed by atoms with Gasteiger partial charge < -0.3 is 19.5 Å². The Morgan fingerprint density at radius 1 is 1.34 bits per heavy atom. The van der Waals surface area contributed by atoms with E-state index in [-0.39, 0.29) is 27.1 Å². The summed E-state index contributed by atoms with van der Waals surface area (Å²) in [5.74, 6) is -3.07. The van der Waals surface area contributed by atoms with Crippen molar-refractivity contribution < 1.29 is 24.3 Å². The second-order valence-electron chi connectivity index (χ2n) is 7.28. The average Bonchev–Trinajstić information content (AvgIpc) is 2.66. The van der Waals surface area contributed by atoms with E-state index in [9.17, 15) is 20.0 Å². The van der Waals surface area contributed by atoms with Gasteiger partial charge in [0, 0.05) is 17.1 Å². The van der Waals surface area contributed by atoms with Gasteiger partial charge in [-0.3, -0.25) is 14.9 Å². The largest absolute Gasteiger partial charge is 0.495 e. The number of benzene rings is 1. The first-order valence-corrected chi connectivity index (χ1v) is 9.88. The Labute approximate surface area is 178 Å². The van der Waals surface area contributed by atoms with Crippen molar-refractivity contribution in [3.05, 3.63) is 49.2 Å². The fourth-order valence-electron chi connectivity index (χ4n) is 4.48. The van der Waals surface area contributed by atoms with Crippen molar-refractivity contribution in [3.8, 4) is 5.75 Å². The fourth-order valence-corrected chi connectivity index (χ4v) is 5.06. The van der Waals surface area contributed by atoms with E-state index >= 15 is 0 Å². The van der Waals surface area contributed by atoms with Crippen molar-refractivity contribution in [2.24, 2.45) is 5.92 Å². The molecule has 0 bridgehead atoms. The van der Waals surface area contributed by atoms with E-state index in [1.807, 2.05) is 0 Å². The Hall–Kier alpha value is -2.03. The third-order valence-electron chi connectivity index (χ3n) is 5.66. The minimum atomic E-state index is -1.72. The number of ether oxygens (including phenoxy) is 2. The number of hydrogen-bond donors (Lipinski definition) is 1. The number of halogens is 2. The van der Waals surface area contributed by atoms with Gasteiger partial charge in [-0.1, -0.05) is 23.2 Å². The summed E-state index contributed by atoms with van der Waals surface area (Å²) < 4.78 is 10.3. The molecule has 2 heterocycles. The van der Waals surface area contributed by atoms with Crippen LogP contribution >= 0.6 is 23.2 Å². The fraction of sp³-hybridized carbons (Fsp3) is 0.526. The molecule has 0 unspecified atom stereocenters. The molecular formula is C19H22Cl2N2O6. The predicted molar refractivity (Wildman–Crippen MR) is 106 cm³/mol. The number of rotatable bonds is 4. The van der Waals surface area contributed by atoms with Gasteiger partial charge in [0.25, 0.3) is 5.70 Å². The summed E-state index contributed by atoms with van der Waals surface area (Å²) in [7, 11) is 2.55. The minimum absolute atomic E-state index is 0.150. The first kappa shape index (κ1) is 21.7. The molecule has 29 heavy (non-hydrogen) atoms. The van der Waals surface area contributed by atoms with E-state index in [1.54, 1.807) is 4.90 Å². The van der Waals surface area contributed by atoms with E-state index < -0.39 is 28.5 Å². The molecule has 3 atom stereocenters. The summed E-state index contributed by atoms with van der Waals surface area (Å²) in [5, 5.41) is 24.0. The molecule has 1 aromatic rings. The first-order chi connectivity index (χ1) is 13.6. The van der Waals surface area contributed by atoms with Crippen molar-refractivity contribution in [1.82, 2.24) is 4.90 Å². The van der Waals surface area contributed by atoms with Crippen LogP contribution in [-0.2, 0) is 9.53 Å². The number of piperidine rings is 1. The van der Waals surface area contributed by atoms with Crippen LogP contribution in [0.1, 0.15) is 37.7 Å². The number of fused-ring (bicyclic) bond motifs is 1. The lowest BCUT2D eigenvalue weighted by Gasteiger charge is -2.50. The van der Waals surface area contributed by atoms with Gasteiger partial charge >= 0.3 is 5.97 Å². The summed E-state index contributed by atoms with van der Waals surface area (Å²) in [4.78, 5) is 26.1. The number of aliphatic hydroxyl groups is 1. The highest BCUT2D eigenvalue weighted by atomic mass is 35.5. The molecular weight excluding hydrogens is 423 g/mol. The number of carbonyl (C=O) groups excluding carboxylic acids is 1. The maximum absolute atomic E-state index is 12.8. The Morgan fingerprint density at radius 3 is 2.62 bits per heavy atom. The number of allylic oxidation sites excluding steroid dienone is 2. The van der Waals surface area contributed by atoms with E-state index in [4.69, 9.17) is 32.7 Å². The molecule has 8 nitrogen and oxygen atoms in total.